The van der Waals surface area contributed by atoms with Crippen LogP contribution < -0.4 is 0 Å². The molecule has 0 saturated heterocycles. The number of halogens is 1. The number of nitrogens with zero attached hydrogens (tertiary/aromatic N) is 1. The molecule has 2 nitrogen and oxygen atoms in total. The first-order valence-electron chi connectivity index (χ1n) is 16.2. The maximum Gasteiger partial charge on any atom is 0.116 e. The standard InChI is InChI=1S/C32H67ClNO/c1-4-6-8-10-12-14-16-18-20-22-24-26-28-34(3,31-32(35)30-33)29-27-25-23-21-19-17-15-13-11-9-7-5-2/h32,35H,4-31H2,1-3H3/q+1. The Hall–Kier alpha value is 0.210. The Bertz CT molecular complexity index is 375. The maximum atomic E-state index is 10.2. The molecule has 0 aromatic heterocycles. The van der Waals surface area contributed by atoms with Gasteiger partial charge in [-0.1, -0.05) is 142 Å². The first kappa shape index (κ1) is 35.2. The molecule has 0 amide bonds. The fourth-order valence-electron chi connectivity index (χ4n) is 5.52. The van der Waals surface area contributed by atoms with Crippen molar-refractivity contribution in [3.63, 3.8) is 0 Å². The van der Waals surface area contributed by atoms with E-state index in [9.17, 15) is 5.11 Å². The Morgan fingerprint density at radius 1 is 0.486 bits per heavy atom. The summed E-state index contributed by atoms with van der Waals surface area (Å²) < 4.78 is 1.00. The number of hydrogen-bond acceptors (Lipinski definition) is 1. The smallest absolute Gasteiger partial charge is 0.116 e. The van der Waals surface area contributed by atoms with Gasteiger partial charge in [0.2, 0.25) is 0 Å². The first-order valence-corrected chi connectivity index (χ1v) is 16.7. The molecule has 0 aliphatic heterocycles. The van der Waals surface area contributed by atoms with E-state index in [0.717, 1.165) is 11.0 Å². The van der Waals surface area contributed by atoms with Crippen molar-refractivity contribution in [1.82, 2.24) is 0 Å². The summed E-state index contributed by atoms with van der Waals surface area (Å²) in [6, 6.07) is 0. The highest BCUT2D eigenvalue weighted by Crippen LogP contribution is 2.17. The molecule has 0 aliphatic rings. The van der Waals surface area contributed by atoms with Crippen LogP contribution in [0, 0.1) is 0 Å². The zero-order valence-corrected chi connectivity index (χ0v) is 25.4. The SMILES string of the molecule is CCCCCCCCCCCCCC[N+](C)(CCCCCCCCCCCCCC)CC(O)CCl. The monoisotopic (exact) mass is 516 g/mol. The van der Waals surface area contributed by atoms with E-state index >= 15 is 0 Å². The summed E-state index contributed by atoms with van der Waals surface area (Å²) in [4.78, 5) is 0. The van der Waals surface area contributed by atoms with Gasteiger partial charge in [-0.25, -0.2) is 0 Å². The van der Waals surface area contributed by atoms with Gasteiger partial charge in [-0.3, -0.25) is 0 Å². The lowest BCUT2D eigenvalue weighted by Gasteiger charge is -2.36. The molecule has 0 spiro atoms. The summed E-state index contributed by atoms with van der Waals surface area (Å²) in [5.41, 5.74) is 0. The summed E-state index contributed by atoms with van der Waals surface area (Å²) in [5.74, 6) is 0.366. The lowest BCUT2D eigenvalue weighted by atomic mass is 10.0. The van der Waals surface area contributed by atoms with Crippen LogP contribution in [0.15, 0.2) is 0 Å². The van der Waals surface area contributed by atoms with Crippen LogP contribution in [-0.4, -0.2) is 48.3 Å². The molecule has 0 radical (unpaired) electrons. The maximum absolute atomic E-state index is 10.2. The highest BCUT2D eigenvalue weighted by atomic mass is 35.5. The third-order valence-corrected chi connectivity index (χ3v) is 8.29. The minimum Gasteiger partial charge on any atom is -0.386 e. The molecule has 212 valence electrons. The van der Waals surface area contributed by atoms with Gasteiger partial charge in [0.1, 0.15) is 12.6 Å². The van der Waals surface area contributed by atoms with Gasteiger partial charge in [0.05, 0.1) is 26.0 Å². The molecule has 1 atom stereocenters. The fourth-order valence-corrected chi connectivity index (χ4v) is 5.62. The normalized spacial score (nSPS) is 12.9. The van der Waals surface area contributed by atoms with Crippen molar-refractivity contribution in [2.24, 2.45) is 0 Å². The largest absolute Gasteiger partial charge is 0.386 e. The van der Waals surface area contributed by atoms with Crippen LogP contribution in [0.5, 0.6) is 0 Å². The fraction of sp³-hybridized carbons (Fsp3) is 1.00. The molecule has 35 heavy (non-hydrogen) atoms. The summed E-state index contributed by atoms with van der Waals surface area (Å²) in [5, 5.41) is 10.2. The second-order valence-electron chi connectivity index (χ2n) is 11.8. The Kier molecular flexibility index (Phi) is 27.4. The van der Waals surface area contributed by atoms with Crippen molar-refractivity contribution in [3.8, 4) is 0 Å². The van der Waals surface area contributed by atoms with E-state index in [0.29, 0.717) is 5.88 Å². The molecule has 0 rings (SSSR count). The molecule has 0 heterocycles. The third kappa shape index (κ3) is 25.6. The van der Waals surface area contributed by atoms with Crippen LogP contribution in [0.1, 0.15) is 168 Å². The molecule has 1 unspecified atom stereocenters. The second kappa shape index (κ2) is 27.3. The van der Waals surface area contributed by atoms with Crippen LogP contribution in [0.2, 0.25) is 0 Å². The highest BCUT2D eigenvalue weighted by molar-refractivity contribution is 6.18. The number of aliphatic hydroxyl groups is 1. The summed E-state index contributed by atoms with van der Waals surface area (Å²) in [6.07, 6.45) is 33.2. The van der Waals surface area contributed by atoms with Crippen molar-refractivity contribution in [1.29, 1.82) is 0 Å². The first-order chi connectivity index (χ1) is 17.1. The van der Waals surface area contributed by atoms with Gasteiger partial charge in [0, 0.05) is 0 Å². The van der Waals surface area contributed by atoms with Gasteiger partial charge in [0.25, 0.3) is 0 Å². The lowest BCUT2D eigenvalue weighted by Crippen LogP contribution is -2.50. The number of quaternary nitrogens is 1. The van der Waals surface area contributed by atoms with Crippen LogP contribution in [0.3, 0.4) is 0 Å². The Balaban J connectivity index is 3.80. The van der Waals surface area contributed by atoms with E-state index in [4.69, 9.17) is 11.6 Å². The van der Waals surface area contributed by atoms with E-state index in [1.54, 1.807) is 0 Å². The predicted octanol–water partition coefficient (Wildman–Crippen LogP) is 10.4. The molecule has 0 saturated carbocycles. The van der Waals surface area contributed by atoms with E-state index in [1.165, 1.54) is 167 Å². The van der Waals surface area contributed by atoms with Crippen molar-refractivity contribution < 1.29 is 9.59 Å². The lowest BCUT2D eigenvalue weighted by molar-refractivity contribution is -0.912. The Morgan fingerprint density at radius 2 is 0.743 bits per heavy atom. The molecule has 0 aromatic rings. The molecule has 0 aliphatic carbocycles. The van der Waals surface area contributed by atoms with Crippen LogP contribution in [-0.2, 0) is 0 Å². The summed E-state index contributed by atoms with van der Waals surface area (Å²) in [6.45, 7) is 7.80. The zero-order chi connectivity index (χ0) is 25.9. The highest BCUT2D eigenvalue weighted by Gasteiger charge is 2.24. The molecule has 1 N–H and O–H groups in total. The van der Waals surface area contributed by atoms with Crippen LogP contribution in [0.4, 0.5) is 0 Å². The average molecular weight is 517 g/mol. The Morgan fingerprint density at radius 3 is 1.00 bits per heavy atom. The van der Waals surface area contributed by atoms with E-state index in [-0.39, 0.29) is 6.10 Å². The van der Waals surface area contributed by atoms with Gasteiger partial charge < -0.3 is 9.59 Å². The molecule has 0 aromatic carbocycles. The van der Waals surface area contributed by atoms with Crippen LogP contribution >= 0.6 is 11.6 Å². The van der Waals surface area contributed by atoms with Gasteiger partial charge >= 0.3 is 0 Å². The molecular weight excluding hydrogens is 450 g/mol. The number of aliphatic hydroxyl groups excluding tert-OH is 1. The van der Waals surface area contributed by atoms with E-state index < -0.39 is 0 Å². The number of rotatable bonds is 29. The number of hydrogen-bond donors (Lipinski definition) is 1. The van der Waals surface area contributed by atoms with Crippen molar-refractivity contribution in [2.45, 2.75) is 174 Å². The van der Waals surface area contributed by atoms with Crippen molar-refractivity contribution >= 4 is 11.6 Å². The van der Waals surface area contributed by atoms with Crippen LogP contribution in [0.25, 0.3) is 0 Å². The molecule has 0 fully saturated rings. The quantitative estimate of drug-likeness (QED) is 0.0595. The predicted molar refractivity (Wildman–Crippen MR) is 160 cm³/mol. The van der Waals surface area contributed by atoms with Gasteiger partial charge in [0.15, 0.2) is 0 Å². The molecular formula is C32H67ClNO+. The topological polar surface area (TPSA) is 20.2 Å². The van der Waals surface area contributed by atoms with E-state index in [1.807, 2.05) is 0 Å². The summed E-state index contributed by atoms with van der Waals surface area (Å²) >= 11 is 5.96. The molecule has 0 bridgehead atoms. The van der Waals surface area contributed by atoms with Gasteiger partial charge in [-0.2, -0.15) is 0 Å². The van der Waals surface area contributed by atoms with Crippen molar-refractivity contribution in [2.75, 3.05) is 32.6 Å². The third-order valence-electron chi connectivity index (χ3n) is 7.93. The van der Waals surface area contributed by atoms with Gasteiger partial charge in [-0.05, 0) is 25.7 Å². The minimum atomic E-state index is -0.365. The van der Waals surface area contributed by atoms with Crippen molar-refractivity contribution in [3.05, 3.63) is 0 Å². The zero-order valence-electron chi connectivity index (χ0n) is 24.6. The summed E-state index contributed by atoms with van der Waals surface area (Å²) in [7, 11) is 2.35. The minimum absolute atomic E-state index is 0.365. The van der Waals surface area contributed by atoms with E-state index in [2.05, 4.69) is 20.9 Å². The molecule has 3 heteroatoms. The number of likely N-dealkylation sites (N-methyl/N-ethyl adjacent to an activating group) is 1. The van der Waals surface area contributed by atoms with Gasteiger partial charge in [-0.15, -0.1) is 11.6 Å². The second-order valence-corrected chi connectivity index (χ2v) is 12.1. The Labute approximate surface area is 227 Å². The number of alkyl halides is 1. The average Bonchev–Trinajstić information content (AvgIpc) is 2.85. The number of unbranched alkanes of at least 4 members (excludes halogenated alkanes) is 22.